The van der Waals surface area contributed by atoms with E-state index in [4.69, 9.17) is 29.9 Å². The molecule has 8 nitrogen and oxygen atoms in total. The van der Waals surface area contributed by atoms with Crippen LogP contribution < -0.4 is 11.1 Å². The van der Waals surface area contributed by atoms with E-state index in [0.29, 0.717) is 22.2 Å². The molecule has 0 bridgehead atoms. The number of rotatable bonds is 0. The zero-order valence-corrected chi connectivity index (χ0v) is 15.0. The van der Waals surface area contributed by atoms with E-state index in [1.807, 2.05) is 24.3 Å². The maximum atomic E-state index is 9.04. The molecule has 8 heteroatoms. The standard InChI is InChI=1S/C22H6N6O2/c23-7-13(8-24)21-27-17-3-11-1-2-12-4-18-20(30-22(28-18)14(9-25)10-26)6-16(12)15(11)5-19(17)29-21/h1-6H. The van der Waals surface area contributed by atoms with E-state index in [1.54, 1.807) is 36.4 Å². The zero-order valence-electron chi connectivity index (χ0n) is 15.0. The number of oxazole rings is 2. The molecule has 3 aromatic carbocycles. The summed E-state index contributed by atoms with van der Waals surface area (Å²) in [6.07, 6.45) is 0. The summed E-state index contributed by atoms with van der Waals surface area (Å²) in [5.74, 6) is 0. The molecule has 2 heterocycles. The van der Waals surface area contributed by atoms with Crippen LogP contribution in [-0.2, 0) is 0 Å². The number of hydrogen-bond donors (Lipinski definition) is 0. The molecule has 0 amide bonds. The molecule has 0 fully saturated rings. The Morgan fingerprint density at radius 2 is 1.03 bits per heavy atom. The molecule has 2 aromatic heterocycles. The molecule has 0 N–H and O–H groups in total. The lowest BCUT2D eigenvalue weighted by Gasteiger charge is -2.03. The van der Waals surface area contributed by atoms with Crippen LogP contribution in [0.2, 0.25) is 0 Å². The van der Waals surface area contributed by atoms with E-state index in [0.717, 1.165) is 21.5 Å². The Labute approximate surface area is 167 Å². The first-order chi connectivity index (χ1) is 14.6. The van der Waals surface area contributed by atoms with E-state index >= 15 is 0 Å². The van der Waals surface area contributed by atoms with Crippen LogP contribution in [0.15, 0.2) is 45.2 Å². The van der Waals surface area contributed by atoms with Gasteiger partial charge in [0.2, 0.25) is 11.1 Å². The molecule has 0 aliphatic heterocycles. The highest BCUT2D eigenvalue weighted by atomic mass is 16.3. The molecule has 136 valence electrons. The maximum Gasteiger partial charge on any atom is 0.249 e. The fraction of sp³-hybridized carbons (Fsp3) is 0. The van der Waals surface area contributed by atoms with Gasteiger partial charge in [-0.2, -0.15) is 21.0 Å². The average molecular weight is 386 g/mol. The summed E-state index contributed by atoms with van der Waals surface area (Å²) in [7, 11) is 0. The third kappa shape index (κ3) is 2.36. The van der Waals surface area contributed by atoms with Gasteiger partial charge in [0.1, 0.15) is 35.3 Å². The van der Waals surface area contributed by atoms with Crippen LogP contribution in [-0.4, -0.2) is 9.97 Å². The molecule has 0 spiro atoms. The molecule has 0 aliphatic rings. The summed E-state index contributed by atoms with van der Waals surface area (Å²) >= 11 is 0. The Kier molecular flexibility index (Phi) is 3.49. The summed E-state index contributed by atoms with van der Waals surface area (Å²) in [6.45, 7) is 0. The Morgan fingerprint density at radius 1 is 0.633 bits per heavy atom. The minimum Gasteiger partial charge on any atom is -0.435 e. The highest BCUT2D eigenvalue weighted by Crippen LogP contribution is 2.31. The molecule has 0 radical (unpaired) electrons. The molecule has 0 saturated heterocycles. The fourth-order valence-corrected chi connectivity index (χ4v) is 3.36. The van der Waals surface area contributed by atoms with Gasteiger partial charge in [0.15, 0.2) is 22.3 Å². The molecular weight excluding hydrogens is 380 g/mol. The maximum absolute atomic E-state index is 9.04. The minimum absolute atomic E-state index is 0.0204. The first kappa shape index (κ1) is 17.0. The summed E-state index contributed by atoms with van der Waals surface area (Å²) in [5.41, 5.74) is 1.51. The van der Waals surface area contributed by atoms with Gasteiger partial charge in [-0.15, -0.1) is 0 Å². The first-order valence-corrected chi connectivity index (χ1v) is 8.58. The first-order valence-electron chi connectivity index (χ1n) is 8.58. The lowest BCUT2D eigenvalue weighted by molar-refractivity contribution is 0.559. The van der Waals surface area contributed by atoms with E-state index in [9.17, 15) is 0 Å². The van der Waals surface area contributed by atoms with Gasteiger partial charge in [-0.3, -0.25) is 0 Å². The second-order valence-electron chi connectivity index (χ2n) is 6.38. The quantitative estimate of drug-likeness (QED) is 0.369. The second-order valence-corrected chi connectivity index (χ2v) is 6.38. The van der Waals surface area contributed by atoms with Crippen molar-refractivity contribution < 1.29 is 8.83 Å². The van der Waals surface area contributed by atoms with Crippen molar-refractivity contribution in [2.45, 2.75) is 0 Å². The van der Waals surface area contributed by atoms with Crippen LogP contribution in [0.25, 0.3) is 54.9 Å². The lowest BCUT2D eigenvalue weighted by Crippen LogP contribution is -2.03. The Hall–Kier alpha value is -5.18. The van der Waals surface area contributed by atoms with Crippen LogP contribution in [0.3, 0.4) is 0 Å². The summed E-state index contributed by atoms with van der Waals surface area (Å²) < 4.78 is 11.2. The van der Waals surface area contributed by atoms with Crippen molar-refractivity contribution >= 4 is 54.9 Å². The number of nitrogens with zero attached hydrogens (tertiary/aromatic N) is 6. The Bertz CT molecular complexity index is 1680. The van der Waals surface area contributed by atoms with E-state index in [-0.39, 0.29) is 22.2 Å². The number of nitriles is 4. The number of aromatic nitrogens is 2. The largest absolute Gasteiger partial charge is 0.435 e. The van der Waals surface area contributed by atoms with Gasteiger partial charge in [-0.1, -0.05) is 12.1 Å². The normalized spacial score (nSPS) is 10.5. The summed E-state index contributed by atoms with van der Waals surface area (Å²) in [4.78, 5) is 8.47. The van der Waals surface area contributed by atoms with Gasteiger partial charge < -0.3 is 8.83 Å². The van der Waals surface area contributed by atoms with Gasteiger partial charge in [-0.25, -0.2) is 9.97 Å². The smallest absolute Gasteiger partial charge is 0.249 e. The molecule has 0 unspecified atom stereocenters. The lowest BCUT2D eigenvalue weighted by atomic mass is 10.0. The zero-order chi connectivity index (χ0) is 20.8. The van der Waals surface area contributed by atoms with Crippen molar-refractivity contribution in [1.29, 1.82) is 21.0 Å². The van der Waals surface area contributed by atoms with Gasteiger partial charge in [0, 0.05) is 0 Å². The third-order valence-electron chi connectivity index (χ3n) is 4.73. The van der Waals surface area contributed by atoms with Crippen molar-refractivity contribution in [2.75, 3.05) is 0 Å². The molecule has 5 aromatic rings. The van der Waals surface area contributed by atoms with Gasteiger partial charge in [-0.05, 0) is 45.8 Å². The van der Waals surface area contributed by atoms with Gasteiger partial charge >= 0.3 is 0 Å². The fourth-order valence-electron chi connectivity index (χ4n) is 3.36. The molecule has 0 saturated carbocycles. The van der Waals surface area contributed by atoms with E-state index in [1.165, 1.54) is 0 Å². The summed E-state index contributed by atoms with van der Waals surface area (Å²) in [6, 6.07) is 18.1. The number of benzene rings is 3. The molecular formula is C22H6N6O2. The number of hydrogen-bond acceptors (Lipinski definition) is 8. The van der Waals surface area contributed by atoms with Crippen LogP contribution >= 0.6 is 0 Å². The van der Waals surface area contributed by atoms with Gasteiger partial charge in [0.05, 0.1) is 0 Å². The third-order valence-corrected chi connectivity index (χ3v) is 4.73. The van der Waals surface area contributed by atoms with E-state index < -0.39 is 0 Å². The topological polar surface area (TPSA) is 147 Å². The van der Waals surface area contributed by atoms with Crippen LogP contribution in [0.1, 0.15) is 0 Å². The van der Waals surface area contributed by atoms with Crippen molar-refractivity contribution in [1.82, 2.24) is 9.97 Å². The predicted octanol–water partition coefficient (Wildman–Crippen LogP) is 2.67. The second kappa shape index (κ2) is 6.17. The van der Waals surface area contributed by atoms with Crippen molar-refractivity contribution in [3.05, 3.63) is 47.5 Å². The molecule has 30 heavy (non-hydrogen) atoms. The monoisotopic (exact) mass is 386 g/mol. The highest BCUT2D eigenvalue weighted by molar-refractivity contribution is 6.13. The highest BCUT2D eigenvalue weighted by Gasteiger charge is 2.12. The Morgan fingerprint density at radius 3 is 1.40 bits per heavy atom. The van der Waals surface area contributed by atoms with Crippen molar-refractivity contribution in [3.8, 4) is 24.3 Å². The van der Waals surface area contributed by atoms with E-state index in [2.05, 4.69) is 9.97 Å². The van der Waals surface area contributed by atoms with Crippen LogP contribution in [0, 0.1) is 45.3 Å². The van der Waals surface area contributed by atoms with Gasteiger partial charge in [0.25, 0.3) is 0 Å². The molecule has 5 rings (SSSR count). The predicted molar refractivity (Wildman–Crippen MR) is 105 cm³/mol. The van der Waals surface area contributed by atoms with Crippen molar-refractivity contribution in [3.63, 3.8) is 0 Å². The summed E-state index contributed by atoms with van der Waals surface area (Å²) in [5, 5.41) is 39.6. The van der Waals surface area contributed by atoms with Crippen molar-refractivity contribution in [2.24, 2.45) is 0 Å². The minimum atomic E-state index is -0.196. The molecule has 0 aliphatic carbocycles. The van der Waals surface area contributed by atoms with Crippen LogP contribution in [0.4, 0.5) is 0 Å². The van der Waals surface area contributed by atoms with Crippen LogP contribution in [0.5, 0.6) is 0 Å². The SMILES string of the molecule is N#CC(C#N)=c1nc2cc3ccc4cc5nc(=C(C#N)C#N)oc5cc4c3cc2o1. The Balaban J connectivity index is 1.88. The number of fused-ring (bicyclic) bond motifs is 5. The average Bonchev–Trinajstić information content (AvgIpc) is 3.35. The molecule has 0 atom stereocenters.